The lowest BCUT2D eigenvalue weighted by Crippen LogP contribution is -1.86. The van der Waals surface area contributed by atoms with Crippen molar-refractivity contribution in [3.63, 3.8) is 0 Å². The van der Waals surface area contributed by atoms with Crippen molar-refractivity contribution in [3.8, 4) is 11.3 Å². The summed E-state index contributed by atoms with van der Waals surface area (Å²) in [6, 6.07) is 7.47. The van der Waals surface area contributed by atoms with Gasteiger partial charge in [-0.3, -0.25) is 0 Å². The second-order valence-electron chi connectivity index (χ2n) is 3.24. The van der Waals surface area contributed by atoms with Crippen LogP contribution >= 0.6 is 23.2 Å². The fraction of sp³-hybridized carbons (Fsp3) is 0.0909. The minimum absolute atomic E-state index is 0.428. The highest BCUT2D eigenvalue weighted by molar-refractivity contribution is 6.31. The molecule has 15 heavy (non-hydrogen) atoms. The van der Waals surface area contributed by atoms with Crippen molar-refractivity contribution >= 4 is 23.2 Å². The molecule has 0 spiro atoms. The first kappa shape index (κ1) is 10.4. The lowest BCUT2D eigenvalue weighted by molar-refractivity contribution is 1.17. The first-order valence-electron chi connectivity index (χ1n) is 4.40. The average Bonchev–Trinajstić information content (AvgIpc) is 2.16. The second-order valence-corrected chi connectivity index (χ2v) is 4.07. The molecule has 0 radical (unpaired) electrons. The number of benzene rings is 1. The van der Waals surface area contributed by atoms with E-state index in [0.29, 0.717) is 10.2 Å². The molecule has 0 aliphatic carbocycles. The number of aromatic nitrogens is 2. The summed E-state index contributed by atoms with van der Waals surface area (Å²) in [7, 11) is 0. The molecule has 0 unspecified atom stereocenters. The highest BCUT2D eigenvalue weighted by atomic mass is 35.5. The Morgan fingerprint density at radius 3 is 2.47 bits per heavy atom. The van der Waals surface area contributed by atoms with Gasteiger partial charge >= 0.3 is 0 Å². The second kappa shape index (κ2) is 4.17. The van der Waals surface area contributed by atoms with E-state index in [1.54, 1.807) is 6.07 Å². The van der Waals surface area contributed by atoms with Gasteiger partial charge in [0.05, 0.1) is 5.69 Å². The van der Waals surface area contributed by atoms with Crippen LogP contribution in [0.4, 0.5) is 0 Å². The van der Waals surface area contributed by atoms with E-state index >= 15 is 0 Å². The van der Waals surface area contributed by atoms with Crippen molar-refractivity contribution in [2.75, 3.05) is 0 Å². The Kier molecular flexibility index (Phi) is 2.89. The number of hydrogen-bond donors (Lipinski definition) is 0. The largest absolute Gasteiger partial charge is 0.236 e. The van der Waals surface area contributed by atoms with Crippen molar-refractivity contribution < 1.29 is 0 Å². The first-order chi connectivity index (χ1) is 7.15. The van der Waals surface area contributed by atoms with Gasteiger partial charge in [0, 0.05) is 16.7 Å². The maximum absolute atomic E-state index is 5.96. The molecule has 4 heteroatoms. The van der Waals surface area contributed by atoms with E-state index in [2.05, 4.69) is 9.97 Å². The minimum Gasteiger partial charge on any atom is -0.236 e. The van der Waals surface area contributed by atoms with Crippen LogP contribution in [0.15, 0.2) is 30.6 Å². The molecule has 0 atom stereocenters. The summed E-state index contributed by atoms with van der Waals surface area (Å²) < 4.78 is 0. The third kappa shape index (κ3) is 2.46. The summed E-state index contributed by atoms with van der Waals surface area (Å²) >= 11 is 11.8. The number of nitrogens with zero attached hydrogens (tertiary/aromatic N) is 2. The zero-order valence-corrected chi connectivity index (χ0v) is 9.55. The van der Waals surface area contributed by atoms with Crippen LogP contribution in [0.2, 0.25) is 10.2 Å². The van der Waals surface area contributed by atoms with Crippen molar-refractivity contribution in [2.45, 2.75) is 6.92 Å². The molecule has 0 saturated carbocycles. The van der Waals surface area contributed by atoms with Crippen molar-refractivity contribution in [3.05, 3.63) is 46.3 Å². The van der Waals surface area contributed by atoms with Gasteiger partial charge in [0.25, 0.3) is 0 Å². The lowest BCUT2D eigenvalue weighted by atomic mass is 10.1. The SMILES string of the molecule is Cc1cc(Cl)cc(-c2cc(Cl)ncn2)c1. The van der Waals surface area contributed by atoms with Crippen molar-refractivity contribution in [1.29, 1.82) is 0 Å². The molecule has 0 bridgehead atoms. The van der Waals surface area contributed by atoms with E-state index in [1.807, 2.05) is 25.1 Å². The fourth-order valence-corrected chi connectivity index (χ4v) is 1.81. The lowest BCUT2D eigenvalue weighted by Gasteiger charge is -2.03. The van der Waals surface area contributed by atoms with Crippen LogP contribution in [0.1, 0.15) is 5.56 Å². The Hall–Kier alpha value is -1.12. The Balaban J connectivity index is 2.54. The molecule has 1 aromatic heterocycles. The molecule has 1 aromatic carbocycles. The third-order valence-electron chi connectivity index (χ3n) is 1.97. The fourth-order valence-electron chi connectivity index (χ4n) is 1.38. The molecular formula is C11H8Cl2N2. The molecule has 76 valence electrons. The quantitative estimate of drug-likeness (QED) is 0.708. The summed E-state index contributed by atoms with van der Waals surface area (Å²) in [5, 5.41) is 1.12. The Labute approximate surface area is 97.9 Å². The van der Waals surface area contributed by atoms with E-state index in [1.165, 1.54) is 6.33 Å². The molecule has 0 N–H and O–H groups in total. The van der Waals surface area contributed by atoms with Crippen LogP contribution in [0.5, 0.6) is 0 Å². The zero-order valence-electron chi connectivity index (χ0n) is 8.04. The van der Waals surface area contributed by atoms with Gasteiger partial charge in [-0.2, -0.15) is 0 Å². The predicted octanol–water partition coefficient (Wildman–Crippen LogP) is 3.76. The van der Waals surface area contributed by atoms with Gasteiger partial charge in [0.2, 0.25) is 0 Å². The van der Waals surface area contributed by atoms with Crippen LogP contribution in [0.25, 0.3) is 11.3 Å². The molecule has 0 saturated heterocycles. The van der Waals surface area contributed by atoms with Gasteiger partial charge in [-0.25, -0.2) is 9.97 Å². The average molecular weight is 239 g/mol. The van der Waals surface area contributed by atoms with Crippen LogP contribution in [-0.4, -0.2) is 9.97 Å². The molecule has 2 nitrogen and oxygen atoms in total. The molecule has 0 aliphatic rings. The summed E-state index contributed by atoms with van der Waals surface area (Å²) in [5.41, 5.74) is 2.82. The van der Waals surface area contributed by atoms with Gasteiger partial charge in [0.15, 0.2) is 0 Å². The highest BCUT2D eigenvalue weighted by Gasteiger charge is 2.02. The molecule has 0 fully saturated rings. The molecule has 2 rings (SSSR count). The number of hydrogen-bond acceptors (Lipinski definition) is 2. The van der Waals surface area contributed by atoms with Crippen molar-refractivity contribution in [1.82, 2.24) is 9.97 Å². The third-order valence-corrected chi connectivity index (χ3v) is 2.40. The van der Waals surface area contributed by atoms with Gasteiger partial charge in [-0.05, 0) is 30.7 Å². The standard InChI is InChI=1S/C11H8Cl2N2/c1-7-2-8(4-9(12)3-7)10-5-11(13)15-6-14-10/h2-6H,1H3. The number of aryl methyl sites for hydroxylation is 1. The molecule has 2 aromatic rings. The minimum atomic E-state index is 0.428. The van der Waals surface area contributed by atoms with Gasteiger partial charge in [-0.15, -0.1) is 0 Å². The summed E-state index contributed by atoms with van der Waals surface area (Å²) in [6.45, 7) is 1.98. The van der Waals surface area contributed by atoms with Crippen molar-refractivity contribution in [2.24, 2.45) is 0 Å². The van der Waals surface area contributed by atoms with Crippen LogP contribution in [0, 0.1) is 6.92 Å². The summed E-state index contributed by atoms with van der Waals surface area (Å²) in [6.07, 6.45) is 1.44. The monoisotopic (exact) mass is 238 g/mol. The van der Waals surface area contributed by atoms with E-state index < -0.39 is 0 Å². The topological polar surface area (TPSA) is 25.8 Å². The number of halogens is 2. The van der Waals surface area contributed by atoms with Crippen LogP contribution in [-0.2, 0) is 0 Å². The maximum Gasteiger partial charge on any atom is 0.133 e. The van der Waals surface area contributed by atoms with Gasteiger partial charge in [0.1, 0.15) is 11.5 Å². The molecular weight excluding hydrogens is 231 g/mol. The molecule has 0 aliphatic heterocycles. The van der Waals surface area contributed by atoms with E-state index in [9.17, 15) is 0 Å². The Morgan fingerprint density at radius 1 is 1.00 bits per heavy atom. The first-order valence-corrected chi connectivity index (χ1v) is 5.16. The van der Waals surface area contributed by atoms with Gasteiger partial charge < -0.3 is 0 Å². The smallest absolute Gasteiger partial charge is 0.133 e. The molecule has 0 amide bonds. The summed E-state index contributed by atoms with van der Waals surface area (Å²) in [5.74, 6) is 0. The molecule has 1 heterocycles. The highest BCUT2D eigenvalue weighted by Crippen LogP contribution is 2.23. The maximum atomic E-state index is 5.96. The van der Waals surface area contributed by atoms with E-state index in [0.717, 1.165) is 16.8 Å². The van der Waals surface area contributed by atoms with Crippen LogP contribution < -0.4 is 0 Å². The Morgan fingerprint density at radius 2 is 1.80 bits per heavy atom. The van der Waals surface area contributed by atoms with Crippen LogP contribution in [0.3, 0.4) is 0 Å². The van der Waals surface area contributed by atoms with Gasteiger partial charge in [-0.1, -0.05) is 23.2 Å². The zero-order chi connectivity index (χ0) is 10.8. The van der Waals surface area contributed by atoms with E-state index in [4.69, 9.17) is 23.2 Å². The Bertz CT molecular complexity index is 477. The van der Waals surface area contributed by atoms with E-state index in [-0.39, 0.29) is 0 Å². The summed E-state index contributed by atoms with van der Waals surface area (Å²) in [4.78, 5) is 7.97. The number of rotatable bonds is 1. The predicted molar refractivity (Wildman–Crippen MR) is 62.2 cm³/mol. The normalized spacial score (nSPS) is 10.3.